The zero-order valence-electron chi connectivity index (χ0n) is 15.5. The molecular formula is C23H26N2O2. The molecule has 0 heterocycles. The second-order valence-electron chi connectivity index (χ2n) is 8.49. The van der Waals surface area contributed by atoms with E-state index in [4.69, 9.17) is 10.5 Å². The maximum absolute atomic E-state index is 12.4. The van der Waals surface area contributed by atoms with Gasteiger partial charge in [0.15, 0.2) is 0 Å². The lowest BCUT2D eigenvalue weighted by Crippen LogP contribution is -2.46. The second kappa shape index (κ2) is 6.38. The third-order valence-electron chi connectivity index (χ3n) is 7.05. The van der Waals surface area contributed by atoms with E-state index in [1.165, 1.54) is 28.7 Å². The summed E-state index contributed by atoms with van der Waals surface area (Å²) in [5.41, 5.74) is 11.4. The molecule has 0 aromatic heterocycles. The Balaban J connectivity index is 1.25. The molecule has 3 aliphatic carbocycles. The first-order valence-electron chi connectivity index (χ1n) is 10.0. The number of nitrogens with one attached hydrogen (secondary N) is 1. The predicted octanol–water partition coefficient (Wildman–Crippen LogP) is 4.04. The Morgan fingerprint density at radius 2 is 1.78 bits per heavy atom. The predicted molar refractivity (Wildman–Crippen MR) is 105 cm³/mol. The summed E-state index contributed by atoms with van der Waals surface area (Å²) >= 11 is 0. The zero-order chi connectivity index (χ0) is 18.4. The summed E-state index contributed by atoms with van der Waals surface area (Å²) in [5, 5.41) is 3.00. The fourth-order valence-electron chi connectivity index (χ4n) is 5.61. The van der Waals surface area contributed by atoms with Gasteiger partial charge in [0.25, 0.3) is 0 Å². The normalized spacial score (nSPS) is 28.0. The number of benzene rings is 2. The first-order valence-corrected chi connectivity index (χ1v) is 10.0. The molecule has 2 fully saturated rings. The van der Waals surface area contributed by atoms with Crippen molar-refractivity contribution in [3.63, 3.8) is 0 Å². The lowest BCUT2D eigenvalue weighted by molar-refractivity contribution is 0.134. The molecule has 2 saturated carbocycles. The average Bonchev–Trinajstić information content (AvgIpc) is 3.34. The standard InChI is InChI=1S/C23H26N2O2/c24-21-11-15-9-10-23(21,12-15)14-25-22(26)27-13-20-18-7-3-1-5-16(18)17-6-2-4-8-19(17)20/h1-8,15,20-21H,9-14,24H2,(H,25,26). The highest BCUT2D eigenvalue weighted by Gasteiger charge is 2.50. The van der Waals surface area contributed by atoms with Crippen molar-refractivity contribution >= 4 is 6.09 Å². The molecule has 0 radical (unpaired) electrons. The smallest absolute Gasteiger partial charge is 0.407 e. The molecule has 140 valence electrons. The summed E-state index contributed by atoms with van der Waals surface area (Å²) in [6.45, 7) is 1.00. The average molecular weight is 362 g/mol. The van der Waals surface area contributed by atoms with Crippen LogP contribution in [-0.4, -0.2) is 25.3 Å². The monoisotopic (exact) mass is 362 g/mol. The van der Waals surface area contributed by atoms with Gasteiger partial charge in [-0.1, -0.05) is 48.5 Å². The lowest BCUT2D eigenvalue weighted by atomic mass is 9.80. The van der Waals surface area contributed by atoms with Gasteiger partial charge in [-0.15, -0.1) is 0 Å². The summed E-state index contributed by atoms with van der Waals surface area (Å²) in [6, 6.07) is 17.0. The molecule has 0 aliphatic heterocycles. The largest absolute Gasteiger partial charge is 0.449 e. The summed E-state index contributed by atoms with van der Waals surface area (Å²) in [7, 11) is 0. The Hall–Kier alpha value is -2.33. The van der Waals surface area contributed by atoms with Crippen LogP contribution in [0.25, 0.3) is 11.1 Å². The summed E-state index contributed by atoms with van der Waals surface area (Å²) in [6.07, 6.45) is 4.31. The Morgan fingerprint density at radius 3 is 2.37 bits per heavy atom. The van der Waals surface area contributed by atoms with Crippen LogP contribution in [0.4, 0.5) is 4.79 Å². The third-order valence-corrected chi connectivity index (χ3v) is 7.05. The van der Waals surface area contributed by atoms with Gasteiger partial charge in [-0.2, -0.15) is 0 Å². The molecule has 3 unspecified atom stereocenters. The molecule has 1 amide bonds. The number of nitrogens with two attached hydrogens (primary N) is 1. The molecule has 3 N–H and O–H groups in total. The highest BCUT2D eigenvalue weighted by Crippen LogP contribution is 2.53. The first-order chi connectivity index (χ1) is 13.2. The van der Waals surface area contributed by atoms with Crippen LogP contribution in [0.3, 0.4) is 0 Å². The number of ether oxygens (including phenoxy) is 1. The third kappa shape index (κ3) is 2.74. The van der Waals surface area contributed by atoms with E-state index in [-0.39, 0.29) is 23.5 Å². The van der Waals surface area contributed by atoms with Crippen LogP contribution in [0.15, 0.2) is 48.5 Å². The minimum Gasteiger partial charge on any atom is -0.449 e. The van der Waals surface area contributed by atoms with Gasteiger partial charge in [0.1, 0.15) is 6.61 Å². The van der Waals surface area contributed by atoms with Crippen molar-refractivity contribution in [2.75, 3.05) is 13.2 Å². The van der Waals surface area contributed by atoms with Crippen LogP contribution in [-0.2, 0) is 4.74 Å². The number of amides is 1. The van der Waals surface area contributed by atoms with E-state index in [1.807, 2.05) is 0 Å². The van der Waals surface area contributed by atoms with Crippen LogP contribution in [0.2, 0.25) is 0 Å². The van der Waals surface area contributed by atoms with E-state index in [9.17, 15) is 4.79 Å². The van der Waals surface area contributed by atoms with Crippen LogP contribution < -0.4 is 11.1 Å². The summed E-state index contributed by atoms with van der Waals surface area (Å²) in [4.78, 5) is 12.4. The maximum Gasteiger partial charge on any atom is 0.407 e. The van der Waals surface area contributed by atoms with Gasteiger partial charge in [-0.25, -0.2) is 4.79 Å². The number of fused-ring (bicyclic) bond motifs is 5. The fourth-order valence-corrected chi connectivity index (χ4v) is 5.61. The zero-order valence-corrected chi connectivity index (χ0v) is 15.5. The Labute approximate surface area is 160 Å². The molecule has 5 rings (SSSR count). The molecule has 3 atom stereocenters. The van der Waals surface area contributed by atoms with Crippen LogP contribution in [0.5, 0.6) is 0 Å². The minimum atomic E-state index is -0.325. The van der Waals surface area contributed by atoms with E-state index >= 15 is 0 Å². The van der Waals surface area contributed by atoms with Gasteiger partial charge >= 0.3 is 6.09 Å². The summed E-state index contributed by atoms with van der Waals surface area (Å²) in [5.74, 6) is 0.857. The fraction of sp³-hybridized carbons (Fsp3) is 0.435. The molecule has 2 aromatic rings. The van der Waals surface area contributed by atoms with Crippen LogP contribution >= 0.6 is 0 Å². The Morgan fingerprint density at radius 1 is 1.11 bits per heavy atom. The van der Waals surface area contributed by atoms with Crippen molar-refractivity contribution in [2.24, 2.45) is 17.1 Å². The molecule has 4 nitrogen and oxygen atoms in total. The number of hydrogen-bond donors (Lipinski definition) is 2. The molecule has 2 bridgehead atoms. The number of hydrogen-bond acceptors (Lipinski definition) is 3. The van der Waals surface area contributed by atoms with E-state index in [0.29, 0.717) is 13.2 Å². The molecule has 0 spiro atoms. The number of carbonyl (C=O) groups excluding carboxylic acids is 1. The number of rotatable bonds is 4. The number of alkyl carbamates (subject to hydrolysis) is 1. The van der Waals surface area contributed by atoms with Gasteiger partial charge in [0, 0.05) is 23.9 Å². The quantitative estimate of drug-likeness (QED) is 0.863. The van der Waals surface area contributed by atoms with E-state index < -0.39 is 0 Å². The van der Waals surface area contributed by atoms with Gasteiger partial charge in [0.2, 0.25) is 0 Å². The SMILES string of the molecule is NC1CC2CCC1(CNC(=O)OCC1c3ccccc3-c3ccccc31)C2. The Kier molecular flexibility index (Phi) is 3.97. The lowest BCUT2D eigenvalue weighted by Gasteiger charge is -2.32. The van der Waals surface area contributed by atoms with Gasteiger partial charge < -0.3 is 15.8 Å². The molecule has 4 heteroatoms. The van der Waals surface area contributed by atoms with Gasteiger partial charge in [-0.05, 0) is 53.9 Å². The van der Waals surface area contributed by atoms with Crippen molar-refractivity contribution in [2.45, 2.75) is 37.6 Å². The second-order valence-corrected chi connectivity index (χ2v) is 8.49. The summed E-state index contributed by atoms with van der Waals surface area (Å²) < 4.78 is 5.65. The maximum atomic E-state index is 12.4. The molecule has 3 aliphatic rings. The van der Waals surface area contributed by atoms with Gasteiger partial charge in [-0.3, -0.25) is 0 Å². The van der Waals surface area contributed by atoms with Crippen molar-refractivity contribution in [3.05, 3.63) is 59.7 Å². The van der Waals surface area contributed by atoms with E-state index in [0.717, 1.165) is 25.2 Å². The van der Waals surface area contributed by atoms with E-state index in [1.54, 1.807) is 0 Å². The highest BCUT2D eigenvalue weighted by molar-refractivity contribution is 5.79. The van der Waals surface area contributed by atoms with Crippen molar-refractivity contribution < 1.29 is 9.53 Å². The first kappa shape index (κ1) is 16.8. The van der Waals surface area contributed by atoms with Crippen LogP contribution in [0, 0.1) is 11.3 Å². The molecule has 27 heavy (non-hydrogen) atoms. The van der Waals surface area contributed by atoms with Crippen molar-refractivity contribution in [3.8, 4) is 11.1 Å². The van der Waals surface area contributed by atoms with Crippen LogP contribution in [0.1, 0.15) is 42.7 Å². The topological polar surface area (TPSA) is 64.3 Å². The highest BCUT2D eigenvalue weighted by atomic mass is 16.5. The van der Waals surface area contributed by atoms with Crippen molar-refractivity contribution in [1.29, 1.82) is 0 Å². The molecule has 0 saturated heterocycles. The van der Waals surface area contributed by atoms with Crippen molar-refractivity contribution in [1.82, 2.24) is 5.32 Å². The minimum absolute atomic E-state index is 0.0935. The molecular weight excluding hydrogens is 336 g/mol. The Bertz CT molecular complexity index is 835. The molecule has 2 aromatic carbocycles. The van der Waals surface area contributed by atoms with Gasteiger partial charge in [0.05, 0.1) is 0 Å². The van der Waals surface area contributed by atoms with E-state index in [2.05, 4.69) is 53.8 Å². The number of carbonyl (C=O) groups is 1.